The van der Waals surface area contributed by atoms with Gasteiger partial charge in [0.15, 0.2) is 0 Å². The van der Waals surface area contributed by atoms with E-state index in [1.807, 2.05) is 68.4 Å². The molecular weight excluding hydrogens is 660 g/mol. The smallest absolute Gasteiger partial charge is 0.243 e. The summed E-state index contributed by atoms with van der Waals surface area (Å²) in [6.45, 7) is 16.9. The number of nitrogens with zero attached hydrogens (tertiary/aromatic N) is 5. The maximum atomic E-state index is 14.0. The third-order valence-electron chi connectivity index (χ3n) is 9.04. The van der Waals surface area contributed by atoms with Crippen LogP contribution in [0.2, 0.25) is 0 Å². The van der Waals surface area contributed by atoms with Crippen molar-refractivity contribution in [2.45, 2.75) is 84.0 Å². The first-order valence-electron chi connectivity index (χ1n) is 17.6. The number of aromatic nitrogens is 3. The number of imidazole rings is 1. The van der Waals surface area contributed by atoms with Crippen LogP contribution in [0.15, 0.2) is 121 Å². The molecule has 2 aromatic heterocycles. The van der Waals surface area contributed by atoms with Crippen molar-refractivity contribution in [1.29, 1.82) is 0 Å². The van der Waals surface area contributed by atoms with E-state index in [0.717, 1.165) is 22.4 Å². The molecule has 3 heterocycles. The van der Waals surface area contributed by atoms with E-state index >= 15 is 0 Å². The summed E-state index contributed by atoms with van der Waals surface area (Å²) < 4.78 is 29.2. The van der Waals surface area contributed by atoms with Gasteiger partial charge in [-0.15, -0.1) is 0 Å². The van der Waals surface area contributed by atoms with Crippen molar-refractivity contribution in [1.82, 2.24) is 29.9 Å². The summed E-state index contributed by atoms with van der Waals surface area (Å²) in [5.41, 5.74) is 3.84. The molecule has 0 saturated heterocycles. The molecule has 1 aromatic carbocycles. The second-order valence-electron chi connectivity index (χ2n) is 13.9. The van der Waals surface area contributed by atoms with Gasteiger partial charge in [0.1, 0.15) is 23.9 Å². The van der Waals surface area contributed by atoms with Crippen LogP contribution in [-0.4, -0.2) is 48.9 Å². The van der Waals surface area contributed by atoms with Crippen LogP contribution >= 0.6 is 0 Å². The number of carbonyl (C=O) groups is 2. The largest absolute Gasteiger partial charge is 0.349 e. The Kier molecular flexibility index (Phi) is 11.8. The zero-order chi connectivity index (χ0) is 37.6. The second kappa shape index (κ2) is 16.3. The van der Waals surface area contributed by atoms with E-state index in [1.54, 1.807) is 42.1 Å². The molecule has 4 unspecified atom stereocenters. The molecule has 9 nitrogen and oxygen atoms in total. The molecule has 2 N–H and O–H groups in total. The Morgan fingerprint density at radius 1 is 1.15 bits per heavy atom. The summed E-state index contributed by atoms with van der Waals surface area (Å²) >= 11 is 0. The number of allylic oxidation sites excluding steroid dienone is 6. The summed E-state index contributed by atoms with van der Waals surface area (Å²) in [6.07, 6.45) is 17.5. The first-order valence-corrected chi connectivity index (χ1v) is 17.6. The lowest BCUT2D eigenvalue weighted by molar-refractivity contribution is -0.130. The minimum atomic E-state index is -1.18. The predicted octanol–water partition coefficient (Wildman–Crippen LogP) is 8.34. The quantitative estimate of drug-likeness (QED) is 0.155. The van der Waals surface area contributed by atoms with Gasteiger partial charge in [0.25, 0.3) is 0 Å². The molecule has 3 aromatic rings. The Bertz CT molecular complexity index is 1980. The van der Waals surface area contributed by atoms with Gasteiger partial charge in [-0.3, -0.25) is 14.0 Å². The number of carbonyl (C=O) groups excluding carboxylic acids is 2. The lowest BCUT2D eigenvalue weighted by Gasteiger charge is -2.32. The lowest BCUT2D eigenvalue weighted by Crippen LogP contribution is -2.54. The number of rotatable bonds is 15. The van der Waals surface area contributed by atoms with Crippen LogP contribution in [0.1, 0.15) is 83.6 Å². The Morgan fingerprint density at radius 2 is 1.90 bits per heavy atom. The number of nitrogens with one attached hydrogen (secondary N) is 2. The highest BCUT2D eigenvalue weighted by Gasteiger charge is 2.45. The predicted molar refractivity (Wildman–Crippen MR) is 202 cm³/mol. The first kappa shape index (κ1) is 37.8. The molecule has 2 amide bonds. The van der Waals surface area contributed by atoms with Crippen molar-refractivity contribution in [3.8, 4) is 11.1 Å². The van der Waals surface area contributed by atoms with Crippen LogP contribution in [0.3, 0.4) is 0 Å². The van der Waals surface area contributed by atoms with Crippen molar-refractivity contribution in [2.75, 3.05) is 0 Å². The average molecular weight is 708 g/mol. The highest BCUT2D eigenvalue weighted by atomic mass is 19.1. The molecule has 1 fully saturated rings. The fourth-order valence-corrected chi connectivity index (χ4v) is 6.28. The van der Waals surface area contributed by atoms with Crippen molar-refractivity contribution in [3.05, 3.63) is 127 Å². The van der Waals surface area contributed by atoms with Gasteiger partial charge in [-0.1, -0.05) is 68.1 Å². The minimum Gasteiger partial charge on any atom is -0.349 e. The normalized spacial score (nSPS) is 18.9. The van der Waals surface area contributed by atoms with Gasteiger partial charge < -0.3 is 15.5 Å². The van der Waals surface area contributed by atoms with E-state index in [4.69, 9.17) is 0 Å². The maximum absolute atomic E-state index is 14.0. The van der Waals surface area contributed by atoms with E-state index in [9.17, 15) is 18.4 Å². The van der Waals surface area contributed by atoms with E-state index in [1.165, 1.54) is 19.1 Å². The van der Waals surface area contributed by atoms with Gasteiger partial charge in [-0.2, -0.15) is 0 Å². The molecular formula is C41H47F2N7O2. The molecule has 1 aliphatic carbocycles. The fraction of sp³-hybridized carbons (Fsp3) is 0.341. The van der Waals surface area contributed by atoms with Gasteiger partial charge in [0, 0.05) is 60.1 Å². The molecule has 5 rings (SSSR count). The summed E-state index contributed by atoms with van der Waals surface area (Å²) in [6, 6.07) is 7.09. The van der Waals surface area contributed by atoms with Gasteiger partial charge in [-0.25, -0.2) is 23.7 Å². The van der Waals surface area contributed by atoms with Crippen molar-refractivity contribution < 1.29 is 18.4 Å². The van der Waals surface area contributed by atoms with Crippen LogP contribution in [0, 0.1) is 5.92 Å². The number of halogens is 2. The Hall–Kier alpha value is -5.45. The monoisotopic (exact) mass is 707 g/mol. The van der Waals surface area contributed by atoms with Crippen LogP contribution in [0.5, 0.6) is 0 Å². The van der Waals surface area contributed by atoms with Crippen molar-refractivity contribution >= 4 is 23.8 Å². The SMILES string of the molecule is C=C(/C=C\C(F)=C/C)CC(C)(C)NC(=O)C(C/C(=C/CC)N1C=CC=NC1=C)NC(=O)C1CC1c1ccc(-c2cnc3nc(C(C)F)cn3c2)cc1. The Labute approximate surface area is 304 Å². The zero-order valence-electron chi connectivity index (χ0n) is 30.4. The molecule has 1 saturated carbocycles. The molecule has 52 heavy (non-hydrogen) atoms. The van der Waals surface area contributed by atoms with Crippen LogP contribution in [0.25, 0.3) is 16.9 Å². The van der Waals surface area contributed by atoms with E-state index in [0.29, 0.717) is 42.1 Å². The maximum Gasteiger partial charge on any atom is 0.243 e. The van der Waals surface area contributed by atoms with Crippen LogP contribution in [0.4, 0.5) is 8.78 Å². The third kappa shape index (κ3) is 9.45. The van der Waals surface area contributed by atoms with E-state index in [-0.39, 0.29) is 35.9 Å². The van der Waals surface area contributed by atoms with Gasteiger partial charge in [0.05, 0.1) is 5.69 Å². The summed E-state index contributed by atoms with van der Waals surface area (Å²) in [4.78, 5) is 42.5. The Morgan fingerprint density at radius 3 is 2.58 bits per heavy atom. The number of aliphatic imine (C=N–C) groups is 1. The molecule has 11 heteroatoms. The number of alkyl halides is 1. The topological polar surface area (TPSA) is 104 Å². The minimum absolute atomic E-state index is 0.00882. The number of hydrogen-bond donors (Lipinski definition) is 2. The van der Waals surface area contributed by atoms with Crippen LogP contribution < -0.4 is 10.6 Å². The zero-order valence-corrected chi connectivity index (χ0v) is 30.4. The molecule has 2 aliphatic rings. The highest BCUT2D eigenvalue weighted by Crippen LogP contribution is 2.48. The Balaban J connectivity index is 1.29. The second-order valence-corrected chi connectivity index (χ2v) is 13.9. The van der Waals surface area contributed by atoms with Gasteiger partial charge in [0.2, 0.25) is 17.6 Å². The van der Waals surface area contributed by atoms with E-state index in [2.05, 4.69) is 38.8 Å². The van der Waals surface area contributed by atoms with E-state index < -0.39 is 17.8 Å². The van der Waals surface area contributed by atoms with Crippen LogP contribution in [-0.2, 0) is 9.59 Å². The van der Waals surface area contributed by atoms with Crippen molar-refractivity contribution in [3.63, 3.8) is 0 Å². The molecule has 0 spiro atoms. The van der Waals surface area contributed by atoms with Gasteiger partial charge in [-0.05, 0) is 76.2 Å². The summed E-state index contributed by atoms with van der Waals surface area (Å²) in [5.74, 6) is -0.254. The summed E-state index contributed by atoms with van der Waals surface area (Å²) in [7, 11) is 0. The first-order chi connectivity index (χ1) is 24.8. The lowest BCUT2D eigenvalue weighted by atomic mass is 9.94. The highest BCUT2D eigenvalue weighted by molar-refractivity contribution is 5.90. The molecule has 0 bridgehead atoms. The number of fused-ring (bicyclic) bond motifs is 1. The molecule has 4 atom stereocenters. The van der Waals surface area contributed by atoms with Gasteiger partial charge >= 0.3 is 0 Å². The molecule has 272 valence electrons. The third-order valence-corrected chi connectivity index (χ3v) is 9.04. The number of benzene rings is 1. The average Bonchev–Trinajstić information content (AvgIpc) is 3.80. The molecule has 0 radical (unpaired) electrons. The fourth-order valence-electron chi connectivity index (χ4n) is 6.28. The van der Waals surface area contributed by atoms with Crippen molar-refractivity contribution in [2.24, 2.45) is 10.9 Å². The number of amides is 2. The number of hydrogen-bond acceptors (Lipinski definition) is 6. The standard InChI is InChI=1S/C41H47F2N7O2/c1-8-11-33(50-19-10-18-44-28(50)5)20-36(39(52)48-41(6,7)22-26(3)12-17-32(43)9-2)46-38(51)35-21-34(35)30-15-13-29(14-16-30)31-23-45-40-47-37(27(4)42)25-49(40)24-31/h9-19,23-25,27,34-36H,3,5,8,20-22H2,1-2,4,6-7H3,(H,46,51)(H,48,52)/b17-12-,32-9+,33-11-. The molecule has 1 aliphatic heterocycles. The summed E-state index contributed by atoms with van der Waals surface area (Å²) in [5, 5.41) is 6.16.